The first-order chi connectivity index (χ1) is 12.8. The van der Waals surface area contributed by atoms with Crippen molar-refractivity contribution in [3.8, 4) is 23.7 Å². The number of hydrogen-bond acceptors (Lipinski definition) is 3. The zero-order valence-electron chi connectivity index (χ0n) is 15.8. The Labute approximate surface area is 158 Å². The molecule has 1 N–H and O–H groups in total. The molecule has 0 bridgehead atoms. The van der Waals surface area contributed by atoms with Gasteiger partial charge >= 0.3 is 5.97 Å². The molecule has 1 rings (SSSR count). The Kier molecular flexibility index (Phi) is 13.0. The molecule has 0 aromatic carbocycles. The topological polar surface area (TPSA) is 46.5 Å². The van der Waals surface area contributed by atoms with Crippen molar-refractivity contribution in [3.63, 3.8) is 0 Å². The molecule has 1 saturated heterocycles. The summed E-state index contributed by atoms with van der Waals surface area (Å²) in [5.74, 6) is 11.6. The molecule has 1 heterocycles. The summed E-state index contributed by atoms with van der Waals surface area (Å²) < 4.78 is 5.08. The molecule has 3 nitrogen and oxygen atoms in total. The van der Waals surface area contributed by atoms with Gasteiger partial charge in [-0.1, -0.05) is 56.1 Å². The van der Waals surface area contributed by atoms with Crippen molar-refractivity contribution in [2.24, 2.45) is 5.92 Å². The smallest absolute Gasteiger partial charge is 0.309 e. The largest absolute Gasteiger partial charge is 0.460 e. The second-order valence-electron chi connectivity index (χ2n) is 6.67. The fraction of sp³-hybridized carbons (Fsp3) is 0.609. The number of aliphatic hydroxyl groups is 1. The summed E-state index contributed by atoms with van der Waals surface area (Å²) in [4.78, 5) is 11.6. The van der Waals surface area contributed by atoms with Crippen LogP contribution < -0.4 is 0 Å². The minimum absolute atomic E-state index is 0.000338. The Morgan fingerprint density at radius 2 is 1.88 bits per heavy atom. The molecule has 0 amide bonds. The van der Waals surface area contributed by atoms with Crippen LogP contribution in [0.2, 0.25) is 0 Å². The highest BCUT2D eigenvalue weighted by molar-refractivity contribution is 5.74. The van der Waals surface area contributed by atoms with Crippen LogP contribution in [-0.4, -0.2) is 23.8 Å². The highest BCUT2D eigenvalue weighted by atomic mass is 16.6. The molecule has 0 saturated carbocycles. The van der Waals surface area contributed by atoms with Crippen molar-refractivity contribution >= 4 is 5.97 Å². The molecule has 0 aromatic rings. The number of carbonyl (C=O) groups is 1. The minimum atomic E-state index is -0.272. The molecule has 1 aliphatic rings. The average Bonchev–Trinajstić information content (AvgIpc) is 3.01. The number of esters is 1. The van der Waals surface area contributed by atoms with E-state index in [9.17, 15) is 4.79 Å². The molecule has 2 unspecified atom stereocenters. The van der Waals surface area contributed by atoms with Gasteiger partial charge in [0.15, 0.2) is 0 Å². The van der Waals surface area contributed by atoms with Crippen molar-refractivity contribution < 1.29 is 14.6 Å². The van der Waals surface area contributed by atoms with Crippen LogP contribution in [0.25, 0.3) is 0 Å². The van der Waals surface area contributed by atoms with Gasteiger partial charge in [0.05, 0.1) is 12.5 Å². The van der Waals surface area contributed by atoms with Crippen LogP contribution in [0.1, 0.15) is 70.6 Å². The summed E-state index contributed by atoms with van der Waals surface area (Å²) in [6.45, 7) is 3.62. The fourth-order valence-electron chi connectivity index (χ4n) is 2.92. The summed E-state index contributed by atoms with van der Waals surface area (Å²) >= 11 is 0. The first-order valence-corrected chi connectivity index (χ1v) is 9.83. The maximum Gasteiger partial charge on any atom is 0.309 e. The predicted molar refractivity (Wildman–Crippen MR) is 106 cm³/mol. The number of ether oxygens (including phenoxy) is 1. The molecule has 0 aliphatic carbocycles. The van der Waals surface area contributed by atoms with Gasteiger partial charge in [0.25, 0.3) is 0 Å². The third-order valence-corrected chi connectivity index (χ3v) is 4.43. The van der Waals surface area contributed by atoms with Gasteiger partial charge in [-0.2, -0.15) is 0 Å². The molecule has 2 atom stereocenters. The number of allylic oxidation sites excluding steroid dienone is 3. The second kappa shape index (κ2) is 15.3. The lowest BCUT2D eigenvalue weighted by molar-refractivity contribution is -0.145. The first-order valence-electron chi connectivity index (χ1n) is 9.83. The Hall–Kier alpha value is -1.97. The molecule has 3 heteroatoms. The molecule has 0 radical (unpaired) electrons. The lowest BCUT2D eigenvalue weighted by atomic mass is 9.97. The Morgan fingerprint density at radius 3 is 2.62 bits per heavy atom. The molecule has 1 aliphatic heterocycles. The normalized spacial score (nSPS) is 18.7. The monoisotopic (exact) mass is 356 g/mol. The SMILES string of the molecule is C=CCCC=CC#CC#CCCCCCCCCC1CC(CO)OC1=O. The van der Waals surface area contributed by atoms with Gasteiger partial charge in [-0.15, -0.1) is 6.58 Å². The van der Waals surface area contributed by atoms with E-state index >= 15 is 0 Å². The summed E-state index contributed by atoms with van der Waals surface area (Å²) in [6, 6.07) is 0. The number of aliphatic hydroxyl groups excluding tert-OH is 1. The zero-order chi connectivity index (χ0) is 18.9. The van der Waals surface area contributed by atoms with Crippen molar-refractivity contribution in [3.05, 3.63) is 24.8 Å². The highest BCUT2D eigenvalue weighted by Crippen LogP contribution is 2.26. The third kappa shape index (κ3) is 10.8. The van der Waals surface area contributed by atoms with Crippen LogP contribution in [0.5, 0.6) is 0 Å². The lowest BCUT2D eigenvalue weighted by Crippen LogP contribution is -2.10. The highest BCUT2D eigenvalue weighted by Gasteiger charge is 2.33. The Bertz CT molecular complexity index is 553. The van der Waals surface area contributed by atoms with Gasteiger partial charge < -0.3 is 9.84 Å². The number of carbonyl (C=O) groups excluding carboxylic acids is 1. The summed E-state index contributed by atoms with van der Waals surface area (Å²) in [5.41, 5.74) is 0. The van der Waals surface area contributed by atoms with Crippen molar-refractivity contribution in [2.75, 3.05) is 6.61 Å². The van der Waals surface area contributed by atoms with E-state index < -0.39 is 0 Å². The van der Waals surface area contributed by atoms with Gasteiger partial charge in [0, 0.05) is 6.42 Å². The summed E-state index contributed by atoms with van der Waals surface area (Å²) in [6.07, 6.45) is 16.9. The van der Waals surface area contributed by atoms with Gasteiger partial charge in [-0.3, -0.25) is 4.79 Å². The Balaban J connectivity index is 1.92. The van der Waals surface area contributed by atoms with Crippen LogP contribution in [0.4, 0.5) is 0 Å². The number of rotatable bonds is 12. The number of cyclic esters (lactones) is 1. The molecule has 0 spiro atoms. The molecule has 0 aromatic heterocycles. The molecular formula is C23H32O3. The van der Waals surface area contributed by atoms with Crippen molar-refractivity contribution in [2.45, 2.75) is 76.7 Å². The van der Waals surface area contributed by atoms with E-state index in [1.165, 1.54) is 19.3 Å². The summed E-state index contributed by atoms with van der Waals surface area (Å²) in [5, 5.41) is 9.01. The molecule has 142 valence electrons. The van der Waals surface area contributed by atoms with Crippen LogP contribution >= 0.6 is 0 Å². The maximum atomic E-state index is 11.6. The van der Waals surface area contributed by atoms with Crippen LogP contribution in [0.3, 0.4) is 0 Å². The van der Waals surface area contributed by atoms with E-state index in [-0.39, 0.29) is 24.6 Å². The van der Waals surface area contributed by atoms with Crippen LogP contribution in [0, 0.1) is 29.6 Å². The zero-order valence-corrected chi connectivity index (χ0v) is 15.8. The minimum Gasteiger partial charge on any atom is -0.460 e. The lowest BCUT2D eigenvalue weighted by Gasteiger charge is -2.05. The molecule has 1 fully saturated rings. The first kappa shape index (κ1) is 22.1. The van der Waals surface area contributed by atoms with E-state index in [0.29, 0.717) is 6.42 Å². The maximum absolute atomic E-state index is 11.6. The van der Waals surface area contributed by atoms with E-state index in [1.54, 1.807) is 0 Å². The van der Waals surface area contributed by atoms with Gasteiger partial charge in [0.2, 0.25) is 0 Å². The van der Waals surface area contributed by atoms with Crippen LogP contribution in [0.15, 0.2) is 24.8 Å². The quantitative estimate of drug-likeness (QED) is 0.241. The van der Waals surface area contributed by atoms with Crippen molar-refractivity contribution in [1.82, 2.24) is 0 Å². The van der Waals surface area contributed by atoms with E-state index in [2.05, 4.69) is 30.3 Å². The van der Waals surface area contributed by atoms with Gasteiger partial charge in [-0.05, 0) is 50.0 Å². The summed E-state index contributed by atoms with van der Waals surface area (Å²) in [7, 11) is 0. The average molecular weight is 357 g/mol. The van der Waals surface area contributed by atoms with Crippen molar-refractivity contribution in [1.29, 1.82) is 0 Å². The predicted octanol–water partition coefficient (Wildman–Crippen LogP) is 4.56. The van der Waals surface area contributed by atoms with E-state index in [4.69, 9.17) is 9.84 Å². The number of unbranched alkanes of at least 4 members (excludes halogenated alkanes) is 7. The second-order valence-corrected chi connectivity index (χ2v) is 6.67. The number of hydrogen-bond donors (Lipinski definition) is 1. The van der Waals surface area contributed by atoms with Gasteiger partial charge in [0.1, 0.15) is 6.10 Å². The fourth-order valence-corrected chi connectivity index (χ4v) is 2.92. The van der Waals surface area contributed by atoms with Gasteiger partial charge in [-0.25, -0.2) is 0 Å². The van der Waals surface area contributed by atoms with E-state index in [0.717, 1.165) is 44.9 Å². The molecular weight excluding hydrogens is 324 g/mol. The molecule has 26 heavy (non-hydrogen) atoms. The third-order valence-electron chi connectivity index (χ3n) is 4.43. The Morgan fingerprint density at radius 1 is 1.12 bits per heavy atom. The standard InChI is InChI=1S/C23H32O3/c1-2-3-4-5-6-7-8-9-10-11-12-13-14-15-16-17-18-21-19-22(20-24)26-23(21)25/h2,5-6,21-22,24H,1,3-4,11-20H2. The van der Waals surface area contributed by atoms with Crippen LogP contribution in [-0.2, 0) is 9.53 Å². The van der Waals surface area contributed by atoms with E-state index in [1.807, 2.05) is 18.2 Å².